The molecule has 32 heavy (non-hydrogen) atoms. The maximum atomic E-state index is 14.1. The molecule has 1 aromatic carbocycles. The molecule has 2 aromatic heterocycles. The first kappa shape index (κ1) is 21.0. The van der Waals surface area contributed by atoms with E-state index in [-0.39, 0.29) is 11.9 Å². The lowest BCUT2D eigenvalue weighted by molar-refractivity contribution is 0.122. The van der Waals surface area contributed by atoms with Crippen LogP contribution in [0.15, 0.2) is 54.7 Å². The lowest BCUT2D eigenvalue weighted by Crippen LogP contribution is -2.37. The summed E-state index contributed by atoms with van der Waals surface area (Å²) in [7, 11) is 0. The summed E-state index contributed by atoms with van der Waals surface area (Å²) in [5, 5.41) is 0. The third kappa shape index (κ3) is 4.79. The molecule has 3 aromatic rings. The highest BCUT2D eigenvalue weighted by Crippen LogP contribution is 2.32. The van der Waals surface area contributed by atoms with Crippen LogP contribution in [0, 0.1) is 5.82 Å². The van der Waals surface area contributed by atoms with Crippen LogP contribution < -0.4 is 4.90 Å². The van der Waals surface area contributed by atoms with E-state index in [1.165, 1.54) is 6.07 Å². The summed E-state index contributed by atoms with van der Waals surface area (Å²) in [6.45, 7) is 4.88. The number of ether oxygens (including phenoxy) is 1. The van der Waals surface area contributed by atoms with Crippen molar-refractivity contribution in [2.75, 3.05) is 37.7 Å². The van der Waals surface area contributed by atoms with E-state index in [9.17, 15) is 4.39 Å². The van der Waals surface area contributed by atoms with Crippen molar-refractivity contribution in [3.05, 3.63) is 83.2 Å². The highest BCUT2D eigenvalue weighted by molar-refractivity contribution is 5.31. The van der Waals surface area contributed by atoms with Crippen LogP contribution in [0.1, 0.15) is 41.5 Å². The summed E-state index contributed by atoms with van der Waals surface area (Å²) in [6.07, 6.45) is 4.55. The Morgan fingerprint density at radius 2 is 1.81 bits per heavy atom. The number of aromatic nitrogens is 3. The third-order valence-electron chi connectivity index (χ3n) is 6.22. The number of morpholine rings is 1. The van der Waals surface area contributed by atoms with E-state index in [2.05, 4.69) is 20.9 Å². The number of likely N-dealkylation sites (tertiary alicyclic amines) is 1. The maximum Gasteiger partial charge on any atom is 0.225 e. The van der Waals surface area contributed by atoms with Gasteiger partial charge in [-0.2, -0.15) is 0 Å². The number of hydrogen-bond acceptors (Lipinski definition) is 6. The Morgan fingerprint density at radius 3 is 2.69 bits per heavy atom. The summed E-state index contributed by atoms with van der Waals surface area (Å²) >= 11 is 0. The summed E-state index contributed by atoms with van der Waals surface area (Å²) in [5.41, 5.74) is 3.66. The van der Waals surface area contributed by atoms with Crippen molar-refractivity contribution in [3.8, 4) is 0 Å². The first-order valence-corrected chi connectivity index (χ1v) is 11.3. The highest BCUT2D eigenvalue weighted by atomic mass is 19.1. The number of hydrogen-bond donors (Lipinski definition) is 0. The average Bonchev–Trinajstić information content (AvgIpc) is 3.30. The molecule has 2 aliphatic heterocycles. The van der Waals surface area contributed by atoms with Gasteiger partial charge in [0.25, 0.3) is 0 Å². The van der Waals surface area contributed by atoms with Gasteiger partial charge >= 0.3 is 0 Å². The molecule has 0 N–H and O–H groups in total. The molecular weight excluding hydrogens is 405 g/mol. The van der Waals surface area contributed by atoms with Gasteiger partial charge < -0.3 is 9.64 Å². The van der Waals surface area contributed by atoms with Gasteiger partial charge in [0.2, 0.25) is 5.95 Å². The Balaban J connectivity index is 1.30. The molecule has 4 heterocycles. The van der Waals surface area contributed by atoms with E-state index in [0.717, 1.165) is 75.3 Å². The Kier molecular flexibility index (Phi) is 6.36. The van der Waals surface area contributed by atoms with Gasteiger partial charge in [-0.15, -0.1) is 0 Å². The molecule has 6 nitrogen and oxygen atoms in total. The lowest BCUT2D eigenvalue weighted by atomic mass is 10.1. The molecule has 2 fully saturated rings. The fourth-order valence-electron chi connectivity index (χ4n) is 4.57. The summed E-state index contributed by atoms with van der Waals surface area (Å²) < 4.78 is 19.5. The number of benzene rings is 1. The van der Waals surface area contributed by atoms with Crippen molar-refractivity contribution in [3.63, 3.8) is 0 Å². The van der Waals surface area contributed by atoms with Crippen molar-refractivity contribution in [1.29, 1.82) is 0 Å². The fraction of sp³-hybridized carbons (Fsp3) is 0.400. The number of halogens is 1. The van der Waals surface area contributed by atoms with E-state index in [1.54, 1.807) is 6.07 Å². The quantitative estimate of drug-likeness (QED) is 0.590. The Morgan fingerprint density at radius 1 is 0.938 bits per heavy atom. The zero-order valence-corrected chi connectivity index (χ0v) is 18.2. The van der Waals surface area contributed by atoms with Gasteiger partial charge in [0.15, 0.2) is 0 Å². The minimum Gasteiger partial charge on any atom is -0.378 e. The predicted molar refractivity (Wildman–Crippen MR) is 121 cm³/mol. The van der Waals surface area contributed by atoms with Gasteiger partial charge in [0.05, 0.1) is 30.6 Å². The first-order valence-electron chi connectivity index (χ1n) is 11.3. The Bertz CT molecular complexity index is 1060. The molecule has 2 aliphatic rings. The van der Waals surface area contributed by atoms with Crippen molar-refractivity contribution in [1.82, 2.24) is 19.9 Å². The van der Waals surface area contributed by atoms with Crippen molar-refractivity contribution < 1.29 is 9.13 Å². The van der Waals surface area contributed by atoms with Crippen LogP contribution >= 0.6 is 0 Å². The molecule has 1 atom stereocenters. The van der Waals surface area contributed by atoms with E-state index in [4.69, 9.17) is 14.7 Å². The number of nitrogens with zero attached hydrogens (tertiary/aromatic N) is 5. The van der Waals surface area contributed by atoms with Gasteiger partial charge in [-0.1, -0.05) is 24.3 Å². The largest absolute Gasteiger partial charge is 0.378 e. The molecule has 5 rings (SSSR count). The van der Waals surface area contributed by atoms with Crippen molar-refractivity contribution in [2.45, 2.75) is 31.8 Å². The van der Waals surface area contributed by atoms with Crippen LogP contribution in [0.2, 0.25) is 0 Å². The summed E-state index contributed by atoms with van der Waals surface area (Å²) in [5.74, 6) is 0.605. The SMILES string of the molecule is Fc1ccccc1Cc1cccc(C2CCCN2Cc2ccnc(N3CCOCC3)n2)n1. The fourth-order valence-corrected chi connectivity index (χ4v) is 4.57. The average molecular weight is 434 g/mol. The maximum absolute atomic E-state index is 14.1. The molecule has 0 spiro atoms. The molecular formula is C25H28FN5O. The standard InChI is InChI=1S/C25H28FN5O/c26-22-7-2-1-5-19(22)17-20-6-3-8-23(28-20)24-9-4-12-31(24)18-21-10-11-27-25(29-21)30-13-15-32-16-14-30/h1-3,5-8,10-11,24H,4,9,12-18H2. The van der Waals surface area contributed by atoms with Gasteiger partial charge in [0, 0.05) is 37.9 Å². The van der Waals surface area contributed by atoms with Crippen LogP contribution in [0.4, 0.5) is 10.3 Å². The Hall–Kier alpha value is -2.90. The normalized spacial score (nSPS) is 19.4. The minimum atomic E-state index is -0.179. The zero-order valence-electron chi connectivity index (χ0n) is 18.2. The van der Waals surface area contributed by atoms with Crippen LogP contribution in [-0.4, -0.2) is 52.7 Å². The number of anilines is 1. The monoisotopic (exact) mass is 433 g/mol. The van der Waals surface area contributed by atoms with Gasteiger partial charge in [-0.05, 0) is 49.2 Å². The first-order chi connectivity index (χ1) is 15.8. The Labute approximate surface area is 188 Å². The molecule has 166 valence electrons. The minimum absolute atomic E-state index is 0.179. The lowest BCUT2D eigenvalue weighted by Gasteiger charge is -2.28. The van der Waals surface area contributed by atoms with E-state index in [0.29, 0.717) is 12.0 Å². The summed E-state index contributed by atoms with van der Waals surface area (Å²) in [6, 6.07) is 15.3. The van der Waals surface area contributed by atoms with Crippen LogP contribution in [0.5, 0.6) is 0 Å². The number of rotatable bonds is 6. The highest BCUT2D eigenvalue weighted by Gasteiger charge is 2.28. The van der Waals surface area contributed by atoms with Gasteiger partial charge in [-0.25, -0.2) is 14.4 Å². The second kappa shape index (κ2) is 9.71. The second-order valence-electron chi connectivity index (χ2n) is 8.40. The van der Waals surface area contributed by atoms with Crippen LogP contribution in [-0.2, 0) is 17.7 Å². The molecule has 1 unspecified atom stereocenters. The molecule has 0 bridgehead atoms. The number of pyridine rings is 1. The van der Waals surface area contributed by atoms with E-state index >= 15 is 0 Å². The third-order valence-corrected chi connectivity index (χ3v) is 6.22. The van der Waals surface area contributed by atoms with Crippen LogP contribution in [0.3, 0.4) is 0 Å². The second-order valence-corrected chi connectivity index (χ2v) is 8.40. The predicted octanol–water partition coefficient (Wildman–Crippen LogP) is 3.78. The molecule has 0 saturated carbocycles. The molecule has 2 saturated heterocycles. The molecule has 0 aliphatic carbocycles. The van der Waals surface area contributed by atoms with Crippen molar-refractivity contribution in [2.24, 2.45) is 0 Å². The topological polar surface area (TPSA) is 54.4 Å². The molecule has 0 radical (unpaired) electrons. The zero-order chi connectivity index (χ0) is 21.8. The van der Waals surface area contributed by atoms with Crippen LogP contribution in [0.25, 0.3) is 0 Å². The molecule has 7 heteroatoms. The molecule has 0 amide bonds. The van der Waals surface area contributed by atoms with E-state index in [1.807, 2.05) is 36.5 Å². The smallest absolute Gasteiger partial charge is 0.225 e. The van der Waals surface area contributed by atoms with Crippen molar-refractivity contribution >= 4 is 5.95 Å². The van der Waals surface area contributed by atoms with E-state index < -0.39 is 0 Å². The van der Waals surface area contributed by atoms with Gasteiger partial charge in [0.1, 0.15) is 5.82 Å². The summed E-state index contributed by atoms with van der Waals surface area (Å²) in [4.78, 5) is 18.8. The van der Waals surface area contributed by atoms with Gasteiger partial charge in [-0.3, -0.25) is 9.88 Å².